The summed E-state index contributed by atoms with van der Waals surface area (Å²) in [6.45, 7) is 5.86. The molecule has 1 aromatic heterocycles. The molecule has 20 heavy (non-hydrogen) atoms. The fraction of sp³-hybridized carbons (Fsp3) is 0.643. The van der Waals surface area contributed by atoms with Crippen molar-refractivity contribution >= 4 is 11.7 Å². The van der Waals surface area contributed by atoms with Gasteiger partial charge in [0, 0.05) is 12.6 Å². The molecule has 1 aromatic rings. The largest absolute Gasteiger partial charge is 0.369 e. The highest BCUT2D eigenvalue weighted by atomic mass is 16.2. The number of hydrogen-bond acceptors (Lipinski definition) is 5. The van der Waals surface area contributed by atoms with Crippen molar-refractivity contribution in [1.82, 2.24) is 20.4 Å². The van der Waals surface area contributed by atoms with Gasteiger partial charge in [0.15, 0.2) is 5.69 Å². The lowest BCUT2D eigenvalue weighted by Crippen LogP contribution is -2.35. The minimum Gasteiger partial charge on any atom is -0.369 e. The SMILES string of the molecule is CCCNc1ccc(C(=O)NC(C)CCN(C)C)nn1. The van der Waals surface area contributed by atoms with Crippen LogP contribution in [0.1, 0.15) is 37.2 Å². The van der Waals surface area contributed by atoms with E-state index in [1.165, 1.54) is 0 Å². The minimum atomic E-state index is -0.175. The Labute approximate surface area is 121 Å². The summed E-state index contributed by atoms with van der Waals surface area (Å²) in [6.07, 6.45) is 1.93. The molecule has 0 spiro atoms. The van der Waals surface area contributed by atoms with E-state index >= 15 is 0 Å². The Morgan fingerprint density at radius 2 is 2.10 bits per heavy atom. The molecule has 1 unspecified atom stereocenters. The first-order chi connectivity index (χ1) is 9.52. The van der Waals surface area contributed by atoms with Crippen LogP contribution in [0.2, 0.25) is 0 Å². The normalized spacial score (nSPS) is 12.2. The summed E-state index contributed by atoms with van der Waals surface area (Å²) in [7, 11) is 4.03. The number of nitrogens with zero attached hydrogens (tertiary/aromatic N) is 3. The average molecular weight is 279 g/mol. The van der Waals surface area contributed by atoms with Gasteiger partial charge in [-0.25, -0.2) is 0 Å². The minimum absolute atomic E-state index is 0.115. The second kappa shape index (κ2) is 8.47. The number of aromatic nitrogens is 2. The van der Waals surface area contributed by atoms with Crippen LogP contribution in [0, 0.1) is 0 Å². The van der Waals surface area contributed by atoms with Crippen molar-refractivity contribution in [3.63, 3.8) is 0 Å². The van der Waals surface area contributed by atoms with E-state index in [1.807, 2.05) is 21.0 Å². The molecular weight excluding hydrogens is 254 g/mol. The number of hydrogen-bond donors (Lipinski definition) is 2. The summed E-state index contributed by atoms with van der Waals surface area (Å²) in [5.41, 5.74) is 0.351. The number of rotatable bonds is 8. The quantitative estimate of drug-likeness (QED) is 0.752. The van der Waals surface area contributed by atoms with Gasteiger partial charge in [-0.3, -0.25) is 4.79 Å². The lowest BCUT2D eigenvalue weighted by Gasteiger charge is -2.16. The van der Waals surface area contributed by atoms with Gasteiger partial charge in [-0.2, -0.15) is 0 Å². The number of amides is 1. The van der Waals surface area contributed by atoms with Crippen LogP contribution in [-0.2, 0) is 0 Å². The fourth-order valence-corrected chi connectivity index (χ4v) is 1.62. The Hall–Kier alpha value is -1.69. The maximum absolute atomic E-state index is 12.0. The predicted octanol–water partition coefficient (Wildman–Crippen LogP) is 1.37. The molecule has 1 amide bonds. The van der Waals surface area contributed by atoms with Gasteiger partial charge in [-0.1, -0.05) is 6.92 Å². The summed E-state index contributed by atoms with van der Waals surface area (Å²) in [4.78, 5) is 14.1. The summed E-state index contributed by atoms with van der Waals surface area (Å²) in [5.74, 6) is 0.523. The van der Waals surface area contributed by atoms with Crippen LogP contribution < -0.4 is 10.6 Å². The molecule has 2 N–H and O–H groups in total. The maximum Gasteiger partial charge on any atom is 0.272 e. The zero-order valence-corrected chi connectivity index (χ0v) is 12.8. The van der Waals surface area contributed by atoms with E-state index < -0.39 is 0 Å². The van der Waals surface area contributed by atoms with Gasteiger partial charge in [-0.15, -0.1) is 10.2 Å². The van der Waals surface area contributed by atoms with Crippen LogP contribution in [-0.4, -0.2) is 54.2 Å². The van der Waals surface area contributed by atoms with Crippen molar-refractivity contribution in [3.05, 3.63) is 17.8 Å². The molecule has 112 valence electrons. The Kier molecular flexibility index (Phi) is 6.93. The third-order valence-electron chi connectivity index (χ3n) is 2.84. The van der Waals surface area contributed by atoms with Gasteiger partial charge in [0.25, 0.3) is 5.91 Å². The third-order valence-corrected chi connectivity index (χ3v) is 2.84. The van der Waals surface area contributed by atoms with Crippen molar-refractivity contribution in [3.8, 4) is 0 Å². The lowest BCUT2D eigenvalue weighted by molar-refractivity contribution is 0.0930. The Bertz CT molecular complexity index is 405. The number of nitrogens with one attached hydrogen (secondary N) is 2. The molecule has 0 aliphatic heterocycles. The number of carbonyl (C=O) groups is 1. The van der Waals surface area contributed by atoms with E-state index in [0.29, 0.717) is 11.5 Å². The molecule has 0 aliphatic carbocycles. The van der Waals surface area contributed by atoms with Crippen molar-refractivity contribution in [2.24, 2.45) is 0 Å². The Balaban J connectivity index is 2.46. The first-order valence-corrected chi connectivity index (χ1v) is 7.06. The molecule has 1 atom stereocenters. The van der Waals surface area contributed by atoms with Gasteiger partial charge < -0.3 is 15.5 Å². The molecule has 6 nitrogen and oxygen atoms in total. The number of carbonyl (C=O) groups excluding carboxylic acids is 1. The van der Waals surface area contributed by atoms with E-state index in [1.54, 1.807) is 12.1 Å². The lowest BCUT2D eigenvalue weighted by atomic mass is 10.2. The summed E-state index contributed by atoms with van der Waals surface area (Å²) in [5, 5.41) is 14.0. The molecule has 1 heterocycles. The Morgan fingerprint density at radius 1 is 1.35 bits per heavy atom. The van der Waals surface area contributed by atoms with E-state index in [9.17, 15) is 4.79 Å². The molecule has 0 aromatic carbocycles. The number of anilines is 1. The maximum atomic E-state index is 12.0. The van der Waals surface area contributed by atoms with Crippen molar-refractivity contribution in [1.29, 1.82) is 0 Å². The first-order valence-electron chi connectivity index (χ1n) is 7.06. The Morgan fingerprint density at radius 3 is 2.65 bits per heavy atom. The van der Waals surface area contributed by atoms with Crippen molar-refractivity contribution in [2.45, 2.75) is 32.7 Å². The standard InChI is InChI=1S/C14H25N5O/c1-5-9-15-13-7-6-12(17-18-13)14(20)16-11(2)8-10-19(3)4/h6-7,11H,5,8-10H2,1-4H3,(H,15,18)(H,16,20). The predicted molar refractivity (Wildman–Crippen MR) is 80.9 cm³/mol. The van der Waals surface area contributed by atoms with Gasteiger partial charge in [-0.05, 0) is 52.5 Å². The van der Waals surface area contributed by atoms with E-state index in [2.05, 4.69) is 32.7 Å². The van der Waals surface area contributed by atoms with Gasteiger partial charge >= 0.3 is 0 Å². The molecule has 0 saturated heterocycles. The summed E-state index contributed by atoms with van der Waals surface area (Å²) in [6, 6.07) is 3.59. The summed E-state index contributed by atoms with van der Waals surface area (Å²) < 4.78 is 0. The van der Waals surface area contributed by atoms with Crippen molar-refractivity contribution in [2.75, 3.05) is 32.5 Å². The van der Waals surface area contributed by atoms with Crippen LogP contribution in [0.5, 0.6) is 0 Å². The van der Waals surface area contributed by atoms with Gasteiger partial charge in [0.05, 0.1) is 0 Å². The average Bonchev–Trinajstić information content (AvgIpc) is 2.43. The molecule has 0 bridgehead atoms. The molecule has 0 radical (unpaired) electrons. The first kappa shape index (κ1) is 16.4. The van der Waals surface area contributed by atoms with Crippen molar-refractivity contribution < 1.29 is 4.79 Å². The molecule has 0 aliphatic rings. The van der Waals surface area contributed by atoms with Crippen LogP contribution >= 0.6 is 0 Å². The molecule has 6 heteroatoms. The zero-order valence-electron chi connectivity index (χ0n) is 12.8. The second-order valence-electron chi connectivity index (χ2n) is 5.20. The highest BCUT2D eigenvalue weighted by molar-refractivity contribution is 5.92. The van der Waals surface area contributed by atoms with Gasteiger partial charge in [0.2, 0.25) is 0 Å². The summed E-state index contributed by atoms with van der Waals surface area (Å²) >= 11 is 0. The van der Waals surface area contributed by atoms with Crippen LogP contribution in [0.15, 0.2) is 12.1 Å². The highest BCUT2D eigenvalue weighted by Gasteiger charge is 2.11. The third kappa shape index (κ3) is 5.97. The second-order valence-corrected chi connectivity index (χ2v) is 5.20. The van der Waals surface area contributed by atoms with Crippen LogP contribution in [0.3, 0.4) is 0 Å². The molecule has 0 saturated carbocycles. The smallest absolute Gasteiger partial charge is 0.272 e. The van der Waals surface area contributed by atoms with Gasteiger partial charge in [0.1, 0.15) is 5.82 Å². The molecule has 1 rings (SSSR count). The fourth-order valence-electron chi connectivity index (χ4n) is 1.62. The molecule has 0 fully saturated rings. The van der Waals surface area contributed by atoms with Crippen LogP contribution in [0.4, 0.5) is 5.82 Å². The highest BCUT2D eigenvalue weighted by Crippen LogP contribution is 2.03. The zero-order chi connectivity index (χ0) is 15.0. The van der Waals surface area contributed by atoms with E-state index in [-0.39, 0.29) is 11.9 Å². The topological polar surface area (TPSA) is 70.2 Å². The molecular formula is C14H25N5O. The van der Waals surface area contributed by atoms with E-state index in [4.69, 9.17) is 0 Å². The van der Waals surface area contributed by atoms with Crippen LogP contribution in [0.25, 0.3) is 0 Å². The van der Waals surface area contributed by atoms with E-state index in [0.717, 1.165) is 25.9 Å². The monoisotopic (exact) mass is 279 g/mol.